The smallest absolute Gasteiger partial charge is 0.352 e. The van der Waals surface area contributed by atoms with Crippen molar-refractivity contribution in [2.75, 3.05) is 11.5 Å². The van der Waals surface area contributed by atoms with Crippen LogP contribution >= 0.6 is 23.5 Å². The van der Waals surface area contributed by atoms with Crippen LogP contribution in [-0.2, 0) is 14.4 Å². The first-order valence-corrected chi connectivity index (χ1v) is 11.5. The van der Waals surface area contributed by atoms with Crippen LogP contribution in [-0.4, -0.2) is 55.7 Å². The van der Waals surface area contributed by atoms with E-state index in [4.69, 9.17) is 10.2 Å². The highest BCUT2D eigenvalue weighted by Gasteiger charge is 2.54. The van der Waals surface area contributed by atoms with Crippen molar-refractivity contribution in [3.05, 3.63) is 59.1 Å². The molecule has 1 aromatic heterocycles. The number of aryl methyl sites for hydroxylation is 1. The number of thioether (sulfide) groups is 2. The molecule has 3 atom stereocenters. The number of nitrogens with zero attached hydrogens (tertiary/aromatic N) is 2. The Bertz CT molecular complexity index is 1050. The zero-order valence-corrected chi connectivity index (χ0v) is 18.1. The molecular weight excluding hydrogens is 440 g/mol. The maximum Gasteiger partial charge on any atom is 0.352 e. The number of carboxylic acid groups (broad SMARTS) is 1. The first-order valence-electron chi connectivity index (χ1n) is 9.43. The van der Waals surface area contributed by atoms with Crippen LogP contribution in [0, 0.1) is 6.92 Å². The lowest BCUT2D eigenvalue weighted by Gasteiger charge is -2.49. The maximum absolute atomic E-state index is 12.8. The number of hydrogen-bond donors (Lipinski definition) is 3. The summed E-state index contributed by atoms with van der Waals surface area (Å²) in [6, 6.07) is 7.11. The van der Waals surface area contributed by atoms with Gasteiger partial charge in [0.2, 0.25) is 5.91 Å². The first kappa shape index (κ1) is 21.5. The Morgan fingerprint density at radius 2 is 2.16 bits per heavy atom. The summed E-state index contributed by atoms with van der Waals surface area (Å²) in [5.74, 6) is -0.702. The molecule has 2 aliphatic heterocycles. The predicted molar refractivity (Wildman–Crippen MR) is 115 cm³/mol. The van der Waals surface area contributed by atoms with Gasteiger partial charge in [-0.25, -0.2) is 9.78 Å². The van der Waals surface area contributed by atoms with Gasteiger partial charge in [0, 0.05) is 11.5 Å². The fourth-order valence-corrected chi connectivity index (χ4v) is 5.73. The van der Waals surface area contributed by atoms with E-state index in [1.807, 2.05) is 6.07 Å². The molecule has 2 unspecified atom stereocenters. The zero-order valence-electron chi connectivity index (χ0n) is 16.5. The van der Waals surface area contributed by atoms with Crippen LogP contribution in [0.1, 0.15) is 17.4 Å². The number of β-lactam (4-membered cyclic amide) rings is 1. The van der Waals surface area contributed by atoms with Gasteiger partial charge in [-0.15, -0.1) is 11.8 Å². The van der Waals surface area contributed by atoms with E-state index in [9.17, 15) is 19.5 Å². The van der Waals surface area contributed by atoms with Crippen LogP contribution in [0.3, 0.4) is 0 Å². The van der Waals surface area contributed by atoms with Crippen molar-refractivity contribution < 1.29 is 23.9 Å². The highest BCUT2D eigenvalue weighted by molar-refractivity contribution is 8.01. The number of nitrogens with two attached hydrogens (primary N) is 1. The molecule has 2 amide bonds. The Kier molecular flexibility index (Phi) is 6.08. The van der Waals surface area contributed by atoms with Gasteiger partial charge in [0.25, 0.3) is 11.1 Å². The van der Waals surface area contributed by atoms with Crippen molar-refractivity contribution in [2.24, 2.45) is 5.73 Å². The molecule has 1 saturated heterocycles. The van der Waals surface area contributed by atoms with Crippen molar-refractivity contribution in [1.82, 2.24) is 15.2 Å². The first-order chi connectivity index (χ1) is 14.9. The summed E-state index contributed by atoms with van der Waals surface area (Å²) in [5.41, 5.74) is 7.21. The van der Waals surface area contributed by atoms with Crippen molar-refractivity contribution in [3.8, 4) is 0 Å². The number of hydrogen-bond acceptors (Lipinski definition) is 8. The predicted octanol–water partition coefficient (Wildman–Crippen LogP) is 1.51. The number of benzene rings is 1. The largest absolute Gasteiger partial charge is 0.477 e. The van der Waals surface area contributed by atoms with Gasteiger partial charge in [0.05, 0.1) is 6.20 Å². The molecule has 1 aromatic carbocycles. The summed E-state index contributed by atoms with van der Waals surface area (Å²) in [5, 5.41) is 12.4. The van der Waals surface area contributed by atoms with Gasteiger partial charge in [0.15, 0.2) is 0 Å². The van der Waals surface area contributed by atoms with Gasteiger partial charge in [-0.1, -0.05) is 42.1 Å². The van der Waals surface area contributed by atoms with Gasteiger partial charge in [-0.3, -0.25) is 14.5 Å². The summed E-state index contributed by atoms with van der Waals surface area (Å²) in [6.45, 7) is 1.77. The molecule has 0 radical (unpaired) electrons. The summed E-state index contributed by atoms with van der Waals surface area (Å²) in [7, 11) is 0. The summed E-state index contributed by atoms with van der Waals surface area (Å²) in [4.78, 5) is 42.6. The molecule has 9 nitrogen and oxygen atoms in total. The molecule has 0 aliphatic carbocycles. The summed E-state index contributed by atoms with van der Waals surface area (Å²) >= 11 is 2.68. The van der Waals surface area contributed by atoms with E-state index >= 15 is 0 Å². The van der Waals surface area contributed by atoms with Crippen molar-refractivity contribution in [3.63, 3.8) is 0 Å². The lowest BCUT2D eigenvalue weighted by atomic mass is 10.0. The monoisotopic (exact) mass is 460 g/mol. The van der Waals surface area contributed by atoms with Crippen molar-refractivity contribution in [1.29, 1.82) is 0 Å². The number of carbonyl (C=O) groups is 3. The average Bonchev–Trinajstić information content (AvgIpc) is 3.20. The molecule has 4 N–H and O–H groups in total. The second kappa shape index (κ2) is 8.77. The second-order valence-corrected chi connectivity index (χ2v) is 9.10. The molecule has 162 valence electrons. The average molecular weight is 461 g/mol. The molecule has 4 rings (SSSR count). The van der Waals surface area contributed by atoms with Gasteiger partial charge < -0.3 is 20.6 Å². The van der Waals surface area contributed by atoms with Crippen LogP contribution in [0.5, 0.6) is 0 Å². The minimum absolute atomic E-state index is 0.0395. The SMILES string of the molecule is Cc1cnc(SCC2=C(C(=O)O)N3C(=O)C(NC(=O)C(N)c4ccccc4)[C@@H]3SC2)o1. The molecule has 2 aromatic rings. The third kappa shape index (κ3) is 4.21. The Hall–Kier alpha value is -2.76. The van der Waals surface area contributed by atoms with E-state index in [2.05, 4.69) is 10.3 Å². The minimum Gasteiger partial charge on any atom is -0.477 e. The third-order valence-electron chi connectivity index (χ3n) is 4.96. The molecular formula is C20H20N4O5S2. The quantitative estimate of drug-likeness (QED) is 0.414. The number of carbonyl (C=O) groups excluding carboxylic acids is 2. The van der Waals surface area contributed by atoms with Crippen LogP contribution in [0.2, 0.25) is 0 Å². The van der Waals surface area contributed by atoms with Crippen LogP contribution in [0.25, 0.3) is 0 Å². The maximum atomic E-state index is 12.8. The molecule has 31 heavy (non-hydrogen) atoms. The van der Waals surface area contributed by atoms with E-state index in [0.717, 1.165) is 0 Å². The number of oxazole rings is 1. The van der Waals surface area contributed by atoms with E-state index < -0.39 is 35.2 Å². The van der Waals surface area contributed by atoms with Gasteiger partial charge in [-0.05, 0) is 18.1 Å². The normalized spacial score (nSPS) is 21.4. The number of amides is 2. The van der Waals surface area contributed by atoms with Crippen LogP contribution < -0.4 is 11.1 Å². The number of carboxylic acids is 1. The van der Waals surface area contributed by atoms with Gasteiger partial charge >= 0.3 is 5.97 Å². The number of fused-ring (bicyclic) bond motifs is 1. The lowest BCUT2D eigenvalue weighted by Crippen LogP contribution is -2.71. The standard InChI is InChI=1S/C20H20N4O5S2/c1-10-7-22-20(29-10)31-9-12-8-30-18-14(17(26)24(18)15(12)19(27)28)23-16(25)13(21)11-5-3-2-4-6-11/h2-7,13-14,18H,8-9,21H2,1H3,(H,23,25)(H,27,28)/t13?,14?,18-/m0/s1. The van der Waals surface area contributed by atoms with E-state index in [0.29, 0.717) is 33.6 Å². The molecule has 1 fully saturated rings. The summed E-state index contributed by atoms with van der Waals surface area (Å²) < 4.78 is 5.41. The van der Waals surface area contributed by atoms with Crippen LogP contribution in [0.15, 0.2) is 57.4 Å². The Labute approximate surface area is 186 Å². The third-order valence-corrected chi connectivity index (χ3v) is 7.23. The van der Waals surface area contributed by atoms with Crippen molar-refractivity contribution in [2.45, 2.75) is 29.6 Å². The van der Waals surface area contributed by atoms with Gasteiger partial charge in [0.1, 0.15) is 28.9 Å². The lowest BCUT2D eigenvalue weighted by molar-refractivity contribution is -0.150. The highest BCUT2D eigenvalue weighted by atomic mass is 32.2. The molecule has 3 heterocycles. The van der Waals surface area contributed by atoms with Gasteiger partial charge in [-0.2, -0.15) is 0 Å². The Morgan fingerprint density at radius 1 is 1.42 bits per heavy atom. The van der Waals surface area contributed by atoms with Crippen molar-refractivity contribution >= 4 is 41.3 Å². The molecule has 11 heteroatoms. The topological polar surface area (TPSA) is 139 Å². The van der Waals surface area contributed by atoms with Crippen LogP contribution in [0.4, 0.5) is 0 Å². The molecule has 2 aliphatic rings. The second-order valence-electron chi connectivity index (χ2n) is 7.07. The number of aromatic nitrogens is 1. The fourth-order valence-electron chi connectivity index (χ4n) is 3.40. The molecule has 0 spiro atoms. The molecule has 0 bridgehead atoms. The Morgan fingerprint density at radius 3 is 2.81 bits per heavy atom. The highest BCUT2D eigenvalue weighted by Crippen LogP contribution is 2.41. The van der Waals surface area contributed by atoms with E-state index in [1.54, 1.807) is 37.4 Å². The zero-order chi connectivity index (χ0) is 22.1. The Balaban J connectivity index is 1.45. The minimum atomic E-state index is -1.18. The number of rotatable bonds is 7. The van der Waals surface area contributed by atoms with E-state index in [1.165, 1.54) is 28.4 Å². The molecule has 0 saturated carbocycles. The number of nitrogens with one attached hydrogen (secondary N) is 1. The fraction of sp³-hybridized carbons (Fsp3) is 0.300. The summed E-state index contributed by atoms with van der Waals surface area (Å²) in [6.07, 6.45) is 1.59. The van der Waals surface area contributed by atoms with E-state index in [-0.39, 0.29) is 5.70 Å². The number of aliphatic carboxylic acids is 1.